The van der Waals surface area contributed by atoms with Crippen molar-refractivity contribution < 1.29 is 14.6 Å². The van der Waals surface area contributed by atoms with Gasteiger partial charge in [0.15, 0.2) is 0 Å². The highest BCUT2D eigenvalue weighted by molar-refractivity contribution is 5.93. The SMILES string of the molecule is CCN(CC)CCCNC(=O)c1ccc(C(CC)(CC)c2ccc(OCC(O)C3CC3)c(C)c2)n1CC. The summed E-state index contributed by atoms with van der Waals surface area (Å²) in [6.07, 6.45) is 4.64. The summed E-state index contributed by atoms with van der Waals surface area (Å²) < 4.78 is 8.18. The molecule has 206 valence electrons. The van der Waals surface area contributed by atoms with E-state index >= 15 is 0 Å². The van der Waals surface area contributed by atoms with Gasteiger partial charge in [-0.25, -0.2) is 0 Å². The summed E-state index contributed by atoms with van der Waals surface area (Å²) in [5.41, 5.74) is 4.04. The molecule has 6 heteroatoms. The number of nitrogens with one attached hydrogen (secondary N) is 1. The number of aromatic nitrogens is 1. The van der Waals surface area contributed by atoms with E-state index < -0.39 is 0 Å². The van der Waals surface area contributed by atoms with Crippen molar-refractivity contribution in [2.45, 2.75) is 91.7 Å². The van der Waals surface area contributed by atoms with Crippen LogP contribution in [-0.2, 0) is 12.0 Å². The molecule has 1 aromatic carbocycles. The van der Waals surface area contributed by atoms with Crippen molar-refractivity contribution in [1.82, 2.24) is 14.8 Å². The summed E-state index contributed by atoms with van der Waals surface area (Å²) in [6.45, 7) is 17.9. The Bertz CT molecular complexity index is 1000. The fourth-order valence-corrected chi connectivity index (χ4v) is 5.63. The molecule has 0 saturated heterocycles. The van der Waals surface area contributed by atoms with E-state index in [1.165, 1.54) is 11.3 Å². The number of hydrogen-bond donors (Lipinski definition) is 2. The molecule has 2 N–H and O–H groups in total. The number of benzene rings is 1. The van der Waals surface area contributed by atoms with Gasteiger partial charge in [0.05, 0.1) is 6.10 Å². The molecule has 0 radical (unpaired) electrons. The molecule has 1 amide bonds. The van der Waals surface area contributed by atoms with Crippen LogP contribution in [0, 0.1) is 12.8 Å². The van der Waals surface area contributed by atoms with Gasteiger partial charge in [0.25, 0.3) is 5.91 Å². The molecule has 2 aromatic rings. The van der Waals surface area contributed by atoms with Gasteiger partial charge in [-0.15, -0.1) is 0 Å². The number of aliphatic hydroxyl groups is 1. The van der Waals surface area contributed by atoms with Crippen molar-refractivity contribution in [3.05, 3.63) is 52.8 Å². The van der Waals surface area contributed by atoms with Gasteiger partial charge in [-0.3, -0.25) is 4.79 Å². The average molecular weight is 512 g/mol. The van der Waals surface area contributed by atoms with Crippen molar-refractivity contribution in [1.29, 1.82) is 0 Å². The van der Waals surface area contributed by atoms with E-state index in [0.29, 0.717) is 19.1 Å². The summed E-state index contributed by atoms with van der Waals surface area (Å²) in [6, 6.07) is 10.6. The number of amides is 1. The zero-order valence-electron chi connectivity index (χ0n) is 24.0. The van der Waals surface area contributed by atoms with Crippen LogP contribution < -0.4 is 10.1 Å². The molecule has 0 spiro atoms. The van der Waals surface area contributed by atoms with E-state index in [4.69, 9.17) is 4.74 Å². The fraction of sp³-hybridized carbons (Fsp3) is 0.645. The molecular formula is C31H49N3O3. The monoisotopic (exact) mass is 511 g/mol. The summed E-state index contributed by atoms with van der Waals surface area (Å²) in [7, 11) is 0. The zero-order chi connectivity index (χ0) is 27.0. The molecule has 1 unspecified atom stereocenters. The van der Waals surface area contributed by atoms with Crippen molar-refractivity contribution in [2.24, 2.45) is 5.92 Å². The number of aliphatic hydroxyl groups excluding tert-OH is 1. The number of nitrogens with zero attached hydrogens (tertiary/aromatic N) is 2. The lowest BCUT2D eigenvalue weighted by molar-refractivity contribution is 0.0891. The largest absolute Gasteiger partial charge is 0.491 e. The van der Waals surface area contributed by atoms with Crippen LogP contribution >= 0.6 is 0 Å². The number of hydrogen-bond acceptors (Lipinski definition) is 4. The van der Waals surface area contributed by atoms with Gasteiger partial charge >= 0.3 is 0 Å². The number of aryl methyl sites for hydroxylation is 1. The molecular weight excluding hydrogens is 462 g/mol. The first-order valence-corrected chi connectivity index (χ1v) is 14.5. The Kier molecular flexibility index (Phi) is 10.7. The molecule has 6 nitrogen and oxygen atoms in total. The third-order valence-corrected chi connectivity index (χ3v) is 8.36. The second-order valence-electron chi connectivity index (χ2n) is 10.5. The Hall–Kier alpha value is -2.31. The molecule has 1 aliphatic rings. The van der Waals surface area contributed by atoms with Crippen LogP contribution in [0.5, 0.6) is 5.75 Å². The van der Waals surface area contributed by atoms with E-state index in [2.05, 4.69) is 74.5 Å². The Morgan fingerprint density at radius 2 is 1.84 bits per heavy atom. The highest BCUT2D eigenvalue weighted by atomic mass is 16.5. The lowest BCUT2D eigenvalue weighted by Gasteiger charge is -2.34. The van der Waals surface area contributed by atoms with Crippen LogP contribution in [-0.4, -0.2) is 59.4 Å². The van der Waals surface area contributed by atoms with E-state index in [0.717, 1.165) is 75.3 Å². The standard InChI is InChI=1S/C31H49N3O3/c1-7-31(8-2,25-15-17-28(23(6)21-25)37-22-27(35)24-13-14-24)29-18-16-26(34(29)11-5)30(36)32-19-12-20-33(9-3)10-4/h15-18,21,24,27,35H,7-14,19-20,22H2,1-6H3,(H,32,36). The minimum absolute atomic E-state index is 0.00269. The van der Waals surface area contributed by atoms with Crippen molar-refractivity contribution in [3.8, 4) is 5.75 Å². The van der Waals surface area contributed by atoms with Crippen LogP contribution in [0.2, 0.25) is 0 Å². The van der Waals surface area contributed by atoms with Crippen LogP contribution in [0.4, 0.5) is 0 Å². The Labute approximate surface area is 224 Å². The molecule has 0 aliphatic heterocycles. The second-order valence-corrected chi connectivity index (χ2v) is 10.5. The van der Waals surface area contributed by atoms with Crippen LogP contribution in [0.1, 0.15) is 94.0 Å². The Morgan fingerprint density at radius 3 is 2.41 bits per heavy atom. The lowest BCUT2D eigenvalue weighted by atomic mass is 9.72. The molecule has 37 heavy (non-hydrogen) atoms. The topological polar surface area (TPSA) is 66.7 Å². The first-order valence-electron chi connectivity index (χ1n) is 14.5. The third-order valence-electron chi connectivity index (χ3n) is 8.36. The molecule has 1 saturated carbocycles. The minimum atomic E-state index is -0.376. The van der Waals surface area contributed by atoms with Crippen molar-refractivity contribution in [3.63, 3.8) is 0 Å². The van der Waals surface area contributed by atoms with E-state index in [9.17, 15) is 9.90 Å². The van der Waals surface area contributed by atoms with Crippen LogP contribution in [0.3, 0.4) is 0 Å². The lowest BCUT2D eigenvalue weighted by Crippen LogP contribution is -2.33. The number of ether oxygens (including phenoxy) is 1. The second kappa shape index (κ2) is 13.5. The fourth-order valence-electron chi connectivity index (χ4n) is 5.63. The normalized spacial score (nSPS) is 14.7. The third kappa shape index (κ3) is 6.77. The van der Waals surface area contributed by atoms with Crippen LogP contribution in [0.15, 0.2) is 30.3 Å². The first kappa shape index (κ1) is 29.2. The molecule has 1 aliphatic carbocycles. The van der Waals surface area contributed by atoms with E-state index in [1.807, 2.05) is 12.1 Å². The van der Waals surface area contributed by atoms with Gasteiger partial charge in [0, 0.05) is 24.2 Å². The average Bonchev–Trinajstić information content (AvgIpc) is 3.68. The zero-order valence-corrected chi connectivity index (χ0v) is 24.0. The molecule has 1 aromatic heterocycles. The van der Waals surface area contributed by atoms with Crippen molar-refractivity contribution in [2.75, 3.05) is 32.8 Å². The highest BCUT2D eigenvalue weighted by Gasteiger charge is 2.35. The molecule has 0 bridgehead atoms. The summed E-state index contributed by atoms with van der Waals surface area (Å²) in [5, 5.41) is 13.4. The van der Waals surface area contributed by atoms with Gasteiger partial charge in [0.1, 0.15) is 18.1 Å². The van der Waals surface area contributed by atoms with E-state index in [1.54, 1.807) is 0 Å². The molecule has 1 heterocycles. The Morgan fingerprint density at radius 1 is 1.14 bits per heavy atom. The minimum Gasteiger partial charge on any atom is -0.491 e. The van der Waals surface area contributed by atoms with Gasteiger partial charge in [-0.2, -0.15) is 0 Å². The van der Waals surface area contributed by atoms with Gasteiger partial charge in [-0.05, 0) is 101 Å². The summed E-state index contributed by atoms with van der Waals surface area (Å²) >= 11 is 0. The van der Waals surface area contributed by atoms with Gasteiger partial charge in [-0.1, -0.05) is 39.8 Å². The van der Waals surface area contributed by atoms with E-state index in [-0.39, 0.29) is 17.4 Å². The molecule has 1 fully saturated rings. The number of carbonyl (C=O) groups is 1. The predicted octanol–water partition coefficient (Wildman–Crippen LogP) is 5.53. The maximum Gasteiger partial charge on any atom is 0.267 e. The number of carbonyl (C=O) groups excluding carboxylic acids is 1. The molecule has 3 rings (SSSR count). The Balaban J connectivity index is 1.78. The smallest absolute Gasteiger partial charge is 0.267 e. The first-order chi connectivity index (χ1) is 17.8. The van der Waals surface area contributed by atoms with Gasteiger partial charge in [0.2, 0.25) is 0 Å². The summed E-state index contributed by atoms with van der Waals surface area (Å²) in [5.74, 6) is 1.24. The van der Waals surface area contributed by atoms with Crippen LogP contribution in [0.25, 0.3) is 0 Å². The highest BCUT2D eigenvalue weighted by Crippen LogP contribution is 2.41. The molecule has 1 atom stereocenters. The quantitative estimate of drug-likeness (QED) is 0.291. The van der Waals surface area contributed by atoms with Crippen molar-refractivity contribution >= 4 is 5.91 Å². The maximum absolute atomic E-state index is 13.2. The predicted molar refractivity (Wildman–Crippen MR) is 152 cm³/mol. The van der Waals surface area contributed by atoms with Gasteiger partial charge < -0.3 is 24.6 Å². The number of rotatable bonds is 16. The maximum atomic E-state index is 13.2. The summed E-state index contributed by atoms with van der Waals surface area (Å²) in [4.78, 5) is 15.5.